The minimum Gasteiger partial charge on any atom is -0.495 e. The molecule has 0 aromatic heterocycles. The highest BCUT2D eigenvalue weighted by Crippen LogP contribution is 2.29. The predicted octanol–water partition coefficient (Wildman–Crippen LogP) is 3.11. The standard InChI is InChI=1S/C18H29N3O3/c1-4-5-12-24-18(22)20(2)14-8-10-21(11-9-14)15-6-7-16(19)17(13-15)23-3/h6-7,13-14H,4-5,8-12,19H2,1-3H3. The number of anilines is 2. The summed E-state index contributed by atoms with van der Waals surface area (Å²) in [6.07, 6.45) is 3.58. The zero-order valence-corrected chi connectivity index (χ0v) is 15.0. The van der Waals surface area contributed by atoms with Crippen LogP contribution in [0.4, 0.5) is 16.2 Å². The molecule has 0 atom stereocenters. The summed E-state index contributed by atoms with van der Waals surface area (Å²) in [6, 6.07) is 6.09. The van der Waals surface area contributed by atoms with Crippen LogP contribution >= 0.6 is 0 Å². The Labute approximate surface area is 144 Å². The molecule has 1 amide bonds. The molecular formula is C18H29N3O3. The number of nitrogens with two attached hydrogens (primary N) is 1. The number of unbranched alkanes of at least 4 members (excludes halogenated alkanes) is 1. The zero-order chi connectivity index (χ0) is 17.5. The number of carbonyl (C=O) groups excluding carboxylic acids is 1. The van der Waals surface area contributed by atoms with Crippen LogP contribution in [0.15, 0.2) is 18.2 Å². The lowest BCUT2D eigenvalue weighted by atomic mass is 10.0. The van der Waals surface area contributed by atoms with Crippen LogP contribution < -0.4 is 15.4 Å². The summed E-state index contributed by atoms with van der Waals surface area (Å²) in [6.45, 7) is 4.37. The van der Waals surface area contributed by atoms with Crippen molar-refractivity contribution in [3.63, 3.8) is 0 Å². The molecule has 0 radical (unpaired) electrons. The highest BCUT2D eigenvalue weighted by molar-refractivity contribution is 5.68. The number of hydrogen-bond donors (Lipinski definition) is 1. The summed E-state index contributed by atoms with van der Waals surface area (Å²) in [7, 11) is 3.46. The second-order valence-corrected chi connectivity index (χ2v) is 6.22. The Hall–Kier alpha value is -2.11. The van der Waals surface area contributed by atoms with Crippen LogP contribution in [0.2, 0.25) is 0 Å². The summed E-state index contributed by atoms with van der Waals surface area (Å²) in [5.41, 5.74) is 7.62. The number of methoxy groups -OCH3 is 1. The molecule has 1 aliphatic heterocycles. The summed E-state index contributed by atoms with van der Waals surface area (Å²) in [5, 5.41) is 0. The van der Waals surface area contributed by atoms with Crippen LogP contribution in [-0.2, 0) is 4.74 Å². The first-order chi connectivity index (χ1) is 11.6. The number of nitrogen functional groups attached to an aromatic ring is 1. The molecule has 1 aromatic rings. The Bertz CT molecular complexity index is 542. The zero-order valence-electron chi connectivity index (χ0n) is 15.0. The summed E-state index contributed by atoms with van der Waals surface area (Å²) in [5.74, 6) is 0.700. The van der Waals surface area contributed by atoms with Gasteiger partial charge in [-0.25, -0.2) is 4.79 Å². The lowest BCUT2D eigenvalue weighted by molar-refractivity contribution is 0.0908. The minimum atomic E-state index is -0.212. The molecule has 0 saturated carbocycles. The molecule has 0 bridgehead atoms. The van der Waals surface area contributed by atoms with E-state index in [4.69, 9.17) is 15.2 Å². The van der Waals surface area contributed by atoms with Gasteiger partial charge in [-0.1, -0.05) is 13.3 Å². The molecule has 1 heterocycles. The number of hydrogen-bond acceptors (Lipinski definition) is 5. The Balaban J connectivity index is 1.87. The molecule has 1 aliphatic rings. The SMILES string of the molecule is CCCCOC(=O)N(C)C1CCN(c2ccc(N)c(OC)c2)CC1. The van der Waals surface area contributed by atoms with Gasteiger partial charge in [-0.15, -0.1) is 0 Å². The molecule has 1 aromatic carbocycles. The Morgan fingerprint density at radius 3 is 2.71 bits per heavy atom. The molecular weight excluding hydrogens is 306 g/mol. The number of amides is 1. The molecule has 24 heavy (non-hydrogen) atoms. The molecule has 0 spiro atoms. The Morgan fingerprint density at radius 2 is 2.08 bits per heavy atom. The van der Waals surface area contributed by atoms with Gasteiger partial charge in [0, 0.05) is 37.9 Å². The molecule has 2 rings (SSSR count). The smallest absolute Gasteiger partial charge is 0.409 e. The summed E-state index contributed by atoms with van der Waals surface area (Å²) in [4.78, 5) is 16.1. The van der Waals surface area contributed by atoms with Crippen molar-refractivity contribution in [1.82, 2.24) is 4.90 Å². The first-order valence-corrected chi connectivity index (χ1v) is 8.64. The predicted molar refractivity (Wildman–Crippen MR) is 96.7 cm³/mol. The van der Waals surface area contributed by atoms with Gasteiger partial charge in [-0.3, -0.25) is 0 Å². The number of piperidine rings is 1. The van der Waals surface area contributed by atoms with Gasteiger partial charge in [0.25, 0.3) is 0 Å². The van der Waals surface area contributed by atoms with E-state index in [1.54, 1.807) is 12.0 Å². The van der Waals surface area contributed by atoms with Crippen LogP contribution in [0.25, 0.3) is 0 Å². The fourth-order valence-electron chi connectivity index (χ4n) is 2.96. The topological polar surface area (TPSA) is 68.0 Å². The fourth-order valence-corrected chi connectivity index (χ4v) is 2.96. The largest absolute Gasteiger partial charge is 0.495 e. The van der Waals surface area contributed by atoms with Gasteiger partial charge in [-0.05, 0) is 31.4 Å². The van der Waals surface area contributed by atoms with Crippen LogP contribution in [-0.4, -0.2) is 50.9 Å². The van der Waals surface area contributed by atoms with E-state index in [1.807, 2.05) is 25.2 Å². The second-order valence-electron chi connectivity index (χ2n) is 6.22. The maximum absolute atomic E-state index is 12.0. The number of carbonyl (C=O) groups is 1. The van der Waals surface area contributed by atoms with Gasteiger partial charge in [0.05, 0.1) is 19.4 Å². The van der Waals surface area contributed by atoms with E-state index in [0.29, 0.717) is 18.0 Å². The number of ether oxygens (including phenoxy) is 2. The highest BCUT2D eigenvalue weighted by Gasteiger charge is 2.26. The maximum Gasteiger partial charge on any atom is 0.409 e. The average Bonchev–Trinajstić information content (AvgIpc) is 2.62. The third-order valence-corrected chi connectivity index (χ3v) is 4.61. The van der Waals surface area contributed by atoms with Crippen molar-refractivity contribution in [2.45, 2.75) is 38.6 Å². The van der Waals surface area contributed by atoms with E-state index in [9.17, 15) is 4.79 Å². The summed E-state index contributed by atoms with van der Waals surface area (Å²) >= 11 is 0. The third-order valence-electron chi connectivity index (χ3n) is 4.61. The van der Waals surface area contributed by atoms with Gasteiger partial charge in [0.1, 0.15) is 5.75 Å². The number of benzene rings is 1. The molecule has 1 saturated heterocycles. The van der Waals surface area contributed by atoms with Crippen LogP contribution in [0.3, 0.4) is 0 Å². The minimum absolute atomic E-state index is 0.212. The van der Waals surface area contributed by atoms with Crippen LogP contribution in [0, 0.1) is 0 Å². The van der Waals surface area contributed by atoms with Crippen molar-refractivity contribution >= 4 is 17.5 Å². The van der Waals surface area contributed by atoms with E-state index < -0.39 is 0 Å². The van der Waals surface area contributed by atoms with Crippen molar-refractivity contribution in [2.75, 3.05) is 44.5 Å². The van der Waals surface area contributed by atoms with Crippen molar-refractivity contribution < 1.29 is 14.3 Å². The number of rotatable bonds is 6. The Morgan fingerprint density at radius 1 is 1.38 bits per heavy atom. The van der Waals surface area contributed by atoms with Gasteiger partial charge < -0.3 is 25.0 Å². The van der Waals surface area contributed by atoms with Crippen LogP contribution in [0.1, 0.15) is 32.6 Å². The fraction of sp³-hybridized carbons (Fsp3) is 0.611. The van der Waals surface area contributed by atoms with Crippen molar-refractivity contribution in [3.8, 4) is 5.75 Å². The van der Waals surface area contributed by atoms with Gasteiger partial charge in [0.15, 0.2) is 0 Å². The number of nitrogens with zero attached hydrogens (tertiary/aromatic N) is 2. The van der Waals surface area contributed by atoms with E-state index in [1.165, 1.54) is 0 Å². The first-order valence-electron chi connectivity index (χ1n) is 8.64. The monoisotopic (exact) mass is 335 g/mol. The summed E-state index contributed by atoms with van der Waals surface area (Å²) < 4.78 is 10.6. The molecule has 6 nitrogen and oxygen atoms in total. The van der Waals surface area contributed by atoms with Crippen molar-refractivity contribution in [1.29, 1.82) is 0 Å². The van der Waals surface area contributed by atoms with Gasteiger partial charge >= 0.3 is 6.09 Å². The van der Waals surface area contributed by atoms with Crippen LogP contribution in [0.5, 0.6) is 5.75 Å². The molecule has 2 N–H and O–H groups in total. The lowest BCUT2D eigenvalue weighted by Crippen LogP contribution is -2.45. The van der Waals surface area contributed by atoms with E-state index in [-0.39, 0.29) is 12.1 Å². The Kier molecular flexibility index (Phi) is 6.58. The van der Waals surface area contributed by atoms with Gasteiger partial charge in [-0.2, -0.15) is 0 Å². The quantitative estimate of drug-likeness (QED) is 0.639. The maximum atomic E-state index is 12.0. The molecule has 6 heteroatoms. The molecule has 1 fully saturated rings. The van der Waals surface area contributed by atoms with Crippen molar-refractivity contribution in [3.05, 3.63) is 18.2 Å². The second kappa shape index (κ2) is 8.66. The molecule has 134 valence electrons. The van der Waals surface area contributed by atoms with Gasteiger partial charge in [0.2, 0.25) is 0 Å². The van der Waals surface area contributed by atoms with E-state index in [2.05, 4.69) is 11.8 Å². The lowest BCUT2D eigenvalue weighted by Gasteiger charge is -2.37. The molecule has 0 unspecified atom stereocenters. The third kappa shape index (κ3) is 4.46. The first kappa shape index (κ1) is 18.2. The average molecular weight is 335 g/mol. The normalized spacial score (nSPS) is 15.2. The van der Waals surface area contributed by atoms with E-state index >= 15 is 0 Å². The highest BCUT2D eigenvalue weighted by atomic mass is 16.6. The molecule has 0 aliphatic carbocycles. The van der Waals surface area contributed by atoms with E-state index in [0.717, 1.165) is 44.5 Å². The van der Waals surface area contributed by atoms with Crippen molar-refractivity contribution in [2.24, 2.45) is 0 Å².